The highest BCUT2D eigenvalue weighted by atomic mass is 16.5. The third-order valence-electron chi connectivity index (χ3n) is 4.62. The van der Waals surface area contributed by atoms with E-state index in [0.717, 1.165) is 6.54 Å². The van der Waals surface area contributed by atoms with Gasteiger partial charge in [0.05, 0.1) is 18.8 Å². The van der Waals surface area contributed by atoms with Gasteiger partial charge in [-0.2, -0.15) is 0 Å². The average molecular weight is 255 g/mol. The molecule has 1 heterocycles. The highest BCUT2D eigenvalue weighted by molar-refractivity contribution is 4.81. The number of aliphatic hydroxyl groups excluding tert-OH is 1. The van der Waals surface area contributed by atoms with E-state index in [0.29, 0.717) is 24.8 Å². The fourth-order valence-electron chi connectivity index (χ4n) is 3.43. The first-order valence-corrected chi connectivity index (χ1v) is 7.72. The van der Waals surface area contributed by atoms with E-state index in [1.54, 1.807) is 0 Å². The van der Waals surface area contributed by atoms with Crippen molar-refractivity contribution in [3.8, 4) is 0 Å². The minimum atomic E-state index is -0.325. The molecule has 2 aliphatic rings. The molecule has 1 aliphatic carbocycles. The van der Waals surface area contributed by atoms with E-state index in [-0.39, 0.29) is 6.10 Å². The first-order chi connectivity index (χ1) is 8.66. The average Bonchev–Trinajstić information content (AvgIpc) is 2.84. The number of aliphatic hydroxyl groups is 1. The molecule has 0 amide bonds. The molecule has 0 radical (unpaired) electrons. The lowest BCUT2D eigenvalue weighted by Gasteiger charge is -2.40. The Labute approximate surface area is 112 Å². The van der Waals surface area contributed by atoms with E-state index in [1.807, 2.05) is 0 Å². The van der Waals surface area contributed by atoms with E-state index < -0.39 is 0 Å². The van der Waals surface area contributed by atoms with Crippen LogP contribution in [0.4, 0.5) is 0 Å². The van der Waals surface area contributed by atoms with Crippen LogP contribution >= 0.6 is 0 Å². The molecule has 0 aromatic carbocycles. The smallest absolute Gasteiger partial charge is 0.0900 e. The van der Waals surface area contributed by atoms with Crippen molar-refractivity contribution >= 4 is 0 Å². The molecule has 3 unspecified atom stereocenters. The number of hydrogen-bond donors (Lipinski definition) is 1. The van der Waals surface area contributed by atoms with Crippen LogP contribution in [0.15, 0.2) is 0 Å². The fraction of sp³-hybridized carbons (Fsp3) is 1.00. The number of hydrogen-bond acceptors (Lipinski definition) is 3. The number of nitrogens with zero attached hydrogens (tertiary/aromatic N) is 1. The SMILES string of the molecule is CC1CCCC(C)N1CC(O)COC1CCCC1. The molecule has 106 valence electrons. The summed E-state index contributed by atoms with van der Waals surface area (Å²) in [4.78, 5) is 2.45. The van der Waals surface area contributed by atoms with Crippen LogP contribution in [0, 0.1) is 0 Å². The molecular weight excluding hydrogens is 226 g/mol. The summed E-state index contributed by atoms with van der Waals surface area (Å²) in [5.41, 5.74) is 0. The standard InChI is InChI=1S/C15H29NO2/c1-12-6-5-7-13(2)16(12)10-14(17)11-18-15-8-3-4-9-15/h12-15,17H,3-11H2,1-2H3. The molecule has 3 heteroatoms. The van der Waals surface area contributed by atoms with Crippen LogP contribution in [0.2, 0.25) is 0 Å². The van der Waals surface area contributed by atoms with Crippen molar-refractivity contribution in [3.05, 3.63) is 0 Å². The monoisotopic (exact) mass is 255 g/mol. The summed E-state index contributed by atoms with van der Waals surface area (Å²) < 4.78 is 5.80. The van der Waals surface area contributed by atoms with Gasteiger partial charge < -0.3 is 9.84 Å². The number of piperidine rings is 1. The molecule has 1 aliphatic heterocycles. The van der Waals surface area contributed by atoms with E-state index in [2.05, 4.69) is 18.7 Å². The zero-order chi connectivity index (χ0) is 13.0. The second-order valence-electron chi connectivity index (χ2n) is 6.22. The lowest BCUT2D eigenvalue weighted by molar-refractivity contribution is -0.0335. The molecule has 0 bridgehead atoms. The first kappa shape index (κ1) is 14.3. The highest BCUT2D eigenvalue weighted by Crippen LogP contribution is 2.23. The summed E-state index contributed by atoms with van der Waals surface area (Å²) in [6.45, 7) is 5.84. The van der Waals surface area contributed by atoms with Gasteiger partial charge in [0.2, 0.25) is 0 Å². The highest BCUT2D eigenvalue weighted by Gasteiger charge is 2.27. The molecule has 1 saturated heterocycles. The number of rotatable bonds is 5. The molecule has 1 N–H and O–H groups in total. The fourth-order valence-corrected chi connectivity index (χ4v) is 3.43. The van der Waals surface area contributed by atoms with Gasteiger partial charge in [0, 0.05) is 18.6 Å². The van der Waals surface area contributed by atoms with Crippen LogP contribution in [0.25, 0.3) is 0 Å². The number of likely N-dealkylation sites (tertiary alicyclic amines) is 1. The molecule has 18 heavy (non-hydrogen) atoms. The topological polar surface area (TPSA) is 32.7 Å². The second-order valence-corrected chi connectivity index (χ2v) is 6.22. The van der Waals surface area contributed by atoms with E-state index >= 15 is 0 Å². The van der Waals surface area contributed by atoms with Crippen molar-refractivity contribution in [2.75, 3.05) is 13.2 Å². The van der Waals surface area contributed by atoms with Gasteiger partial charge in [0.15, 0.2) is 0 Å². The maximum Gasteiger partial charge on any atom is 0.0900 e. The predicted molar refractivity (Wildman–Crippen MR) is 73.7 cm³/mol. The Hall–Kier alpha value is -0.120. The van der Waals surface area contributed by atoms with Crippen LogP contribution in [-0.4, -0.2) is 47.4 Å². The Balaban J connectivity index is 1.70. The van der Waals surface area contributed by atoms with Crippen molar-refractivity contribution < 1.29 is 9.84 Å². The van der Waals surface area contributed by atoms with Gasteiger partial charge in [-0.1, -0.05) is 19.3 Å². The third-order valence-corrected chi connectivity index (χ3v) is 4.62. The molecular formula is C15H29NO2. The minimum absolute atomic E-state index is 0.325. The maximum atomic E-state index is 10.1. The summed E-state index contributed by atoms with van der Waals surface area (Å²) in [7, 11) is 0. The molecule has 1 saturated carbocycles. The largest absolute Gasteiger partial charge is 0.389 e. The summed E-state index contributed by atoms with van der Waals surface area (Å²) in [5, 5.41) is 10.1. The van der Waals surface area contributed by atoms with E-state index in [9.17, 15) is 5.11 Å². The van der Waals surface area contributed by atoms with Crippen LogP contribution in [0.1, 0.15) is 58.8 Å². The Kier molecular flexibility index (Phi) is 5.46. The van der Waals surface area contributed by atoms with Gasteiger partial charge in [0.1, 0.15) is 0 Å². The third kappa shape index (κ3) is 3.94. The van der Waals surface area contributed by atoms with Crippen molar-refractivity contribution in [1.82, 2.24) is 4.90 Å². The van der Waals surface area contributed by atoms with Crippen molar-refractivity contribution in [3.63, 3.8) is 0 Å². The second kappa shape index (κ2) is 6.88. The summed E-state index contributed by atoms with van der Waals surface area (Å²) in [5.74, 6) is 0. The maximum absolute atomic E-state index is 10.1. The number of β-amino-alcohol motifs (C(OH)–C–C–N with tert-alkyl or cyclic N) is 1. The van der Waals surface area contributed by atoms with E-state index in [1.165, 1.54) is 44.9 Å². The summed E-state index contributed by atoms with van der Waals surface area (Å²) in [6.07, 6.45) is 8.90. The Morgan fingerprint density at radius 3 is 2.28 bits per heavy atom. The molecule has 0 aromatic rings. The lowest BCUT2D eigenvalue weighted by Crippen LogP contribution is -2.48. The van der Waals surface area contributed by atoms with Gasteiger partial charge in [-0.15, -0.1) is 0 Å². The van der Waals surface area contributed by atoms with Gasteiger partial charge in [0.25, 0.3) is 0 Å². The van der Waals surface area contributed by atoms with Crippen LogP contribution in [-0.2, 0) is 4.74 Å². The summed E-state index contributed by atoms with van der Waals surface area (Å²) in [6, 6.07) is 1.21. The van der Waals surface area contributed by atoms with Gasteiger partial charge in [-0.05, 0) is 39.5 Å². The van der Waals surface area contributed by atoms with E-state index in [4.69, 9.17) is 4.74 Å². The Bertz CT molecular complexity index is 231. The zero-order valence-electron chi connectivity index (χ0n) is 12.0. The summed E-state index contributed by atoms with van der Waals surface area (Å²) >= 11 is 0. The zero-order valence-corrected chi connectivity index (χ0v) is 12.0. The van der Waals surface area contributed by atoms with Crippen molar-refractivity contribution in [2.45, 2.75) is 83.1 Å². The Morgan fingerprint density at radius 2 is 1.67 bits per heavy atom. The molecule has 0 spiro atoms. The lowest BCUT2D eigenvalue weighted by atomic mass is 9.97. The van der Waals surface area contributed by atoms with Crippen molar-refractivity contribution in [2.24, 2.45) is 0 Å². The normalized spacial score (nSPS) is 32.8. The predicted octanol–water partition coefficient (Wildman–Crippen LogP) is 2.57. The Morgan fingerprint density at radius 1 is 1.06 bits per heavy atom. The van der Waals surface area contributed by atoms with Crippen molar-refractivity contribution in [1.29, 1.82) is 0 Å². The first-order valence-electron chi connectivity index (χ1n) is 7.72. The van der Waals surface area contributed by atoms with Crippen LogP contribution in [0.3, 0.4) is 0 Å². The molecule has 3 nitrogen and oxygen atoms in total. The molecule has 3 atom stereocenters. The van der Waals surface area contributed by atoms with Gasteiger partial charge >= 0.3 is 0 Å². The molecule has 2 fully saturated rings. The van der Waals surface area contributed by atoms with Crippen LogP contribution < -0.4 is 0 Å². The molecule has 2 rings (SSSR count). The van der Waals surface area contributed by atoms with Crippen LogP contribution in [0.5, 0.6) is 0 Å². The molecule has 0 aromatic heterocycles. The van der Waals surface area contributed by atoms with Gasteiger partial charge in [-0.25, -0.2) is 0 Å². The number of ether oxygens (including phenoxy) is 1. The van der Waals surface area contributed by atoms with Gasteiger partial charge in [-0.3, -0.25) is 4.90 Å². The quantitative estimate of drug-likeness (QED) is 0.819. The minimum Gasteiger partial charge on any atom is -0.389 e.